The molecule has 6 heteroatoms. The molecule has 0 aliphatic heterocycles. The van der Waals surface area contributed by atoms with Crippen LogP contribution in [0, 0.1) is 0 Å². The van der Waals surface area contributed by atoms with Crippen LogP contribution in [0.25, 0.3) is 0 Å². The fourth-order valence-corrected chi connectivity index (χ4v) is 11.9. The number of amides is 1. The predicted molar refractivity (Wildman–Crippen MR) is 379 cm³/mol. The van der Waals surface area contributed by atoms with Crippen LogP contribution < -0.4 is 5.32 Å². The second kappa shape index (κ2) is 75.0. The number of nitrogens with one attached hydrogen (secondary N) is 1. The van der Waals surface area contributed by atoms with Gasteiger partial charge in [0, 0.05) is 12.8 Å². The highest BCUT2D eigenvalue weighted by Crippen LogP contribution is 2.19. The second-order valence-electron chi connectivity index (χ2n) is 26.3. The highest BCUT2D eigenvalue weighted by molar-refractivity contribution is 5.76. The number of rotatable bonds is 72. The summed E-state index contributed by atoms with van der Waals surface area (Å²) in [5.74, 6) is -0.0542. The van der Waals surface area contributed by atoms with E-state index in [2.05, 4.69) is 67.8 Å². The van der Waals surface area contributed by atoms with Gasteiger partial charge in [-0.25, -0.2) is 0 Å². The zero-order valence-corrected chi connectivity index (χ0v) is 57.8. The van der Waals surface area contributed by atoms with E-state index in [9.17, 15) is 19.8 Å². The Kier molecular flexibility index (Phi) is 72.9. The molecule has 0 rings (SSSR count). The van der Waals surface area contributed by atoms with Crippen molar-refractivity contribution in [2.45, 2.75) is 424 Å². The van der Waals surface area contributed by atoms with E-state index in [-0.39, 0.29) is 18.5 Å². The molecule has 0 radical (unpaired) electrons. The number of ether oxygens (including phenoxy) is 1. The quantitative estimate of drug-likeness (QED) is 0.0320. The van der Waals surface area contributed by atoms with Crippen molar-refractivity contribution in [1.82, 2.24) is 5.32 Å². The van der Waals surface area contributed by atoms with E-state index in [0.717, 1.165) is 57.8 Å². The highest BCUT2D eigenvalue weighted by atomic mass is 16.5. The van der Waals surface area contributed by atoms with E-state index < -0.39 is 12.1 Å². The fourth-order valence-electron chi connectivity index (χ4n) is 11.9. The normalized spacial score (nSPS) is 12.8. The van der Waals surface area contributed by atoms with Crippen LogP contribution in [0.1, 0.15) is 412 Å². The van der Waals surface area contributed by atoms with Crippen molar-refractivity contribution < 1.29 is 24.5 Å². The molecule has 0 aromatic rings. The van der Waals surface area contributed by atoms with Crippen molar-refractivity contribution in [3.05, 3.63) is 60.8 Å². The minimum absolute atomic E-state index is 0.00886. The lowest BCUT2D eigenvalue weighted by molar-refractivity contribution is -0.143. The third-order valence-electron chi connectivity index (χ3n) is 17.8. The van der Waals surface area contributed by atoms with Gasteiger partial charge in [-0.2, -0.15) is 0 Å². The maximum absolute atomic E-state index is 12.5. The lowest BCUT2D eigenvalue weighted by Gasteiger charge is -2.20. The van der Waals surface area contributed by atoms with Crippen LogP contribution in [0.5, 0.6) is 0 Å². The topological polar surface area (TPSA) is 95.9 Å². The van der Waals surface area contributed by atoms with E-state index in [1.165, 1.54) is 327 Å². The number of allylic oxidation sites excluding steroid dienone is 9. The van der Waals surface area contributed by atoms with Crippen LogP contribution >= 0.6 is 0 Å². The molecule has 3 N–H and O–H groups in total. The lowest BCUT2D eigenvalue weighted by atomic mass is 10.0. The molecule has 0 bridgehead atoms. The van der Waals surface area contributed by atoms with Crippen LogP contribution in [0.3, 0.4) is 0 Å². The molecule has 504 valence electrons. The van der Waals surface area contributed by atoms with E-state index in [0.29, 0.717) is 19.4 Å². The van der Waals surface area contributed by atoms with Crippen molar-refractivity contribution in [2.75, 3.05) is 13.2 Å². The average molecular weight is 1210 g/mol. The maximum atomic E-state index is 12.5. The zero-order valence-electron chi connectivity index (χ0n) is 57.8. The van der Waals surface area contributed by atoms with Gasteiger partial charge in [0.15, 0.2) is 0 Å². The molecule has 0 spiro atoms. The predicted octanol–water partition coefficient (Wildman–Crippen LogP) is 25.4. The SMILES string of the molecule is CCCCC/C=C\C/C=C\CCCCCCCCCC(=O)OCCCCCCCCCCCCC/C=C\C/C=C\CCCCCCCCCCCCCCCCCCCC(=O)NC(CO)C(O)/C=C/CCCCCCCCCCCCCCCCC. The Morgan fingerprint density at radius 1 is 0.326 bits per heavy atom. The molecule has 0 aromatic heterocycles. The molecule has 0 aromatic carbocycles. The first-order chi connectivity index (χ1) is 42.5. The van der Waals surface area contributed by atoms with E-state index in [1.54, 1.807) is 6.08 Å². The van der Waals surface area contributed by atoms with Crippen LogP contribution in [0.15, 0.2) is 60.8 Å². The van der Waals surface area contributed by atoms with Crippen molar-refractivity contribution in [3.8, 4) is 0 Å². The van der Waals surface area contributed by atoms with Gasteiger partial charge in [-0.15, -0.1) is 0 Å². The molecule has 86 heavy (non-hydrogen) atoms. The number of aliphatic hydroxyl groups is 2. The molecule has 0 saturated carbocycles. The molecule has 2 unspecified atom stereocenters. The van der Waals surface area contributed by atoms with Crippen LogP contribution in [-0.2, 0) is 14.3 Å². The Morgan fingerprint density at radius 3 is 0.907 bits per heavy atom. The summed E-state index contributed by atoms with van der Waals surface area (Å²) in [7, 11) is 0. The van der Waals surface area contributed by atoms with E-state index in [1.807, 2.05) is 6.08 Å². The van der Waals surface area contributed by atoms with Gasteiger partial charge in [-0.1, -0.05) is 364 Å². The van der Waals surface area contributed by atoms with Crippen molar-refractivity contribution in [2.24, 2.45) is 0 Å². The Hall–Kier alpha value is -2.44. The van der Waals surface area contributed by atoms with Gasteiger partial charge < -0.3 is 20.3 Å². The second-order valence-corrected chi connectivity index (χ2v) is 26.3. The monoisotopic (exact) mass is 1200 g/mol. The zero-order chi connectivity index (χ0) is 62.0. The van der Waals surface area contributed by atoms with Crippen molar-refractivity contribution in [1.29, 1.82) is 0 Å². The Labute approximate surface area is 537 Å². The molecular formula is C80H149NO5. The number of aliphatic hydroxyl groups excluding tert-OH is 2. The Morgan fingerprint density at radius 2 is 0.581 bits per heavy atom. The number of unbranched alkanes of at least 4 members (excludes halogenated alkanes) is 53. The van der Waals surface area contributed by atoms with Gasteiger partial charge in [0.05, 0.1) is 25.4 Å². The van der Waals surface area contributed by atoms with Crippen LogP contribution in [-0.4, -0.2) is 47.4 Å². The molecule has 6 nitrogen and oxygen atoms in total. The van der Waals surface area contributed by atoms with Gasteiger partial charge in [0.1, 0.15) is 0 Å². The molecule has 1 amide bonds. The smallest absolute Gasteiger partial charge is 0.305 e. The summed E-state index contributed by atoms with van der Waals surface area (Å²) < 4.78 is 5.50. The van der Waals surface area contributed by atoms with Gasteiger partial charge >= 0.3 is 5.97 Å². The molecule has 0 aliphatic carbocycles. The number of hydrogen-bond donors (Lipinski definition) is 3. The number of esters is 1. The summed E-state index contributed by atoms with van der Waals surface area (Å²) in [6, 6.07) is -0.627. The summed E-state index contributed by atoms with van der Waals surface area (Å²) >= 11 is 0. The third-order valence-corrected chi connectivity index (χ3v) is 17.8. The summed E-state index contributed by atoms with van der Waals surface area (Å²) in [4.78, 5) is 24.6. The van der Waals surface area contributed by atoms with E-state index >= 15 is 0 Å². The van der Waals surface area contributed by atoms with Crippen LogP contribution in [0.4, 0.5) is 0 Å². The van der Waals surface area contributed by atoms with Gasteiger partial charge in [-0.05, 0) is 96.3 Å². The lowest BCUT2D eigenvalue weighted by Crippen LogP contribution is -2.45. The minimum Gasteiger partial charge on any atom is -0.466 e. The van der Waals surface area contributed by atoms with Crippen LogP contribution in [0.2, 0.25) is 0 Å². The Balaban J connectivity index is 3.39. The summed E-state index contributed by atoms with van der Waals surface area (Å²) in [6.07, 6.45) is 100. The first-order valence-electron chi connectivity index (χ1n) is 38.6. The molecule has 0 aliphatic rings. The minimum atomic E-state index is -0.844. The molecular weight excluding hydrogens is 1050 g/mol. The summed E-state index contributed by atoms with van der Waals surface area (Å²) in [5, 5.41) is 23.2. The Bertz CT molecular complexity index is 1480. The molecule has 0 heterocycles. The van der Waals surface area contributed by atoms with Gasteiger partial charge in [-0.3, -0.25) is 9.59 Å². The summed E-state index contributed by atoms with van der Waals surface area (Å²) in [5.41, 5.74) is 0. The standard InChI is InChI=1S/C80H149NO5/c1-3-5-7-9-11-13-15-17-19-40-44-48-52-56-60-64-68-72-78(83)77(76-82)81-79(84)73-69-65-61-57-53-49-45-42-38-36-34-32-30-28-26-24-22-21-23-25-27-29-31-33-35-37-39-43-47-51-55-59-63-67-71-75-86-80(85)74-70-66-62-58-54-50-46-41-20-18-16-14-12-10-8-6-4-2/h12,14,18,20,23,25,29,31,68,72,77-78,82-83H,3-11,13,15-17,19,21-22,24,26-28,30,32-67,69-71,73-76H2,1-2H3,(H,81,84)/b14-12-,20-18-,25-23-,31-29-,72-68+. The fraction of sp³-hybridized carbons (Fsp3) is 0.850. The molecule has 2 atom stereocenters. The average Bonchev–Trinajstić information content (AvgIpc) is 3.59. The summed E-state index contributed by atoms with van der Waals surface area (Å²) in [6.45, 7) is 4.91. The van der Waals surface area contributed by atoms with Gasteiger partial charge in [0.2, 0.25) is 5.91 Å². The maximum Gasteiger partial charge on any atom is 0.305 e. The number of hydrogen-bond acceptors (Lipinski definition) is 5. The first kappa shape index (κ1) is 83.6. The number of carbonyl (C=O) groups excluding carboxylic acids is 2. The molecule has 0 saturated heterocycles. The highest BCUT2D eigenvalue weighted by Gasteiger charge is 2.18. The molecule has 0 fully saturated rings. The van der Waals surface area contributed by atoms with Crippen molar-refractivity contribution in [3.63, 3.8) is 0 Å². The van der Waals surface area contributed by atoms with Crippen molar-refractivity contribution >= 4 is 11.9 Å². The van der Waals surface area contributed by atoms with E-state index in [4.69, 9.17) is 4.74 Å². The first-order valence-corrected chi connectivity index (χ1v) is 38.6. The third kappa shape index (κ3) is 70.6. The van der Waals surface area contributed by atoms with Gasteiger partial charge in [0.25, 0.3) is 0 Å². The number of carbonyl (C=O) groups is 2. The largest absolute Gasteiger partial charge is 0.466 e.